The number of nitrogens with one attached hydrogen (secondary N) is 1. The van der Waals surface area contributed by atoms with Gasteiger partial charge < -0.3 is 21.3 Å². The summed E-state index contributed by atoms with van der Waals surface area (Å²) >= 11 is 1.47. The van der Waals surface area contributed by atoms with Crippen molar-refractivity contribution in [3.05, 3.63) is 11.4 Å². The summed E-state index contributed by atoms with van der Waals surface area (Å²) in [5.74, 6) is 0.771. The highest BCUT2D eigenvalue weighted by molar-refractivity contribution is 7.16. The number of nitrogen functional groups attached to an aromatic ring is 1. The molecule has 7 heteroatoms. The van der Waals surface area contributed by atoms with Gasteiger partial charge in [-0.1, -0.05) is 0 Å². The average molecular weight is 240 g/mol. The van der Waals surface area contributed by atoms with Crippen LogP contribution in [0.15, 0.2) is 11.4 Å². The van der Waals surface area contributed by atoms with Crippen molar-refractivity contribution in [2.24, 2.45) is 0 Å². The standard InChI is InChI=1S/C9H12N4O2S/c10-9-12-7(11-3-5(15)4-14)6-1-2-16-8(6)13-9/h1-2,5,14-15H,3-4H2,(H3,10,11,12,13). The Hall–Kier alpha value is -1.44. The fourth-order valence-corrected chi connectivity index (χ4v) is 2.06. The first-order valence-corrected chi connectivity index (χ1v) is 5.62. The molecule has 0 aliphatic carbocycles. The number of anilines is 2. The number of hydrogen-bond acceptors (Lipinski definition) is 7. The number of rotatable bonds is 4. The molecule has 0 radical (unpaired) electrons. The molecule has 2 aromatic heterocycles. The van der Waals surface area contributed by atoms with Gasteiger partial charge in [0.25, 0.3) is 0 Å². The highest BCUT2D eigenvalue weighted by Gasteiger charge is 2.08. The van der Waals surface area contributed by atoms with Crippen LogP contribution in [0.3, 0.4) is 0 Å². The molecule has 0 aromatic carbocycles. The van der Waals surface area contributed by atoms with Gasteiger partial charge in [-0.25, -0.2) is 4.98 Å². The predicted molar refractivity (Wildman–Crippen MR) is 63.4 cm³/mol. The molecule has 0 aliphatic rings. The van der Waals surface area contributed by atoms with Gasteiger partial charge in [0.05, 0.1) is 18.1 Å². The van der Waals surface area contributed by atoms with Crippen molar-refractivity contribution in [2.75, 3.05) is 24.2 Å². The van der Waals surface area contributed by atoms with E-state index >= 15 is 0 Å². The number of hydrogen-bond donors (Lipinski definition) is 4. The number of nitrogens with zero attached hydrogens (tertiary/aromatic N) is 2. The Balaban J connectivity index is 2.25. The summed E-state index contributed by atoms with van der Waals surface area (Å²) in [6.07, 6.45) is -0.815. The third-order valence-corrected chi connectivity index (χ3v) is 2.86. The minimum atomic E-state index is -0.815. The van der Waals surface area contributed by atoms with Crippen LogP contribution in [0.25, 0.3) is 10.2 Å². The second-order valence-electron chi connectivity index (χ2n) is 3.29. The Bertz CT molecular complexity index is 487. The molecular formula is C9H12N4O2S. The lowest BCUT2D eigenvalue weighted by Gasteiger charge is -2.10. The number of aromatic nitrogens is 2. The van der Waals surface area contributed by atoms with Crippen molar-refractivity contribution < 1.29 is 10.2 Å². The van der Waals surface area contributed by atoms with Gasteiger partial charge in [-0.05, 0) is 11.4 Å². The molecule has 0 spiro atoms. The van der Waals surface area contributed by atoms with E-state index in [2.05, 4.69) is 15.3 Å². The average Bonchev–Trinajstić information content (AvgIpc) is 2.73. The van der Waals surface area contributed by atoms with E-state index < -0.39 is 6.10 Å². The molecule has 0 fully saturated rings. The summed E-state index contributed by atoms with van der Waals surface area (Å²) in [5.41, 5.74) is 5.56. The lowest BCUT2D eigenvalue weighted by Crippen LogP contribution is -2.23. The molecule has 6 nitrogen and oxygen atoms in total. The van der Waals surface area contributed by atoms with E-state index in [1.807, 2.05) is 11.4 Å². The van der Waals surface area contributed by atoms with Crippen LogP contribution in [-0.2, 0) is 0 Å². The zero-order chi connectivity index (χ0) is 11.5. The first-order chi connectivity index (χ1) is 7.70. The van der Waals surface area contributed by atoms with E-state index in [-0.39, 0.29) is 19.1 Å². The summed E-state index contributed by atoms with van der Waals surface area (Å²) in [5, 5.41) is 23.6. The third kappa shape index (κ3) is 2.21. The number of thiophene rings is 1. The van der Waals surface area contributed by atoms with E-state index in [1.165, 1.54) is 11.3 Å². The third-order valence-electron chi connectivity index (χ3n) is 2.06. The minimum Gasteiger partial charge on any atom is -0.394 e. The zero-order valence-corrected chi connectivity index (χ0v) is 9.24. The molecule has 0 amide bonds. The van der Waals surface area contributed by atoms with Gasteiger partial charge in [-0.3, -0.25) is 0 Å². The maximum atomic E-state index is 9.23. The summed E-state index contributed by atoms with van der Waals surface area (Å²) in [6, 6.07) is 1.88. The second-order valence-corrected chi connectivity index (χ2v) is 4.18. The largest absolute Gasteiger partial charge is 0.394 e. The molecule has 2 rings (SSSR count). The summed E-state index contributed by atoms with van der Waals surface area (Å²) in [7, 11) is 0. The highest BCUT2D eigenvalue weighted by Crippen LogP contribution is 2.25. The van der Waals surface area contributed by atoms with Crippen LogP contribution in [0.4, 0.5) is 11.8 Å². The number of aliphatic hydroxyl groups is 2. The van der Waals surface area contributed by atoms with E-state index in [9.17, 15) is 5.11 Å². The van der Waals surface area contributed by atoms with Crippen LogP contribution in [-0.4, -0.2) is 39.4 Å². The van der Waals surface area contributed by atoms with Gasteiger partial charge in [0, 0.05) is 6.54 Å². The van der Waals surface area contributed by atoms with Crippen LogP contribution in [0.2, 0.25) is 0 Å². The smallest absolute Gasteiger partial charge is 0.223 e. The van der Waals surface area contributed by atoms with Crippen LogP contribution in [0, 0.1) is 0 Å². The number of fused-ring (bicyclic) bond motifs is 1. The molecule has 16 heavy (non-hydrogen) atoms. The van der Waals surface area contributed by atoms with Crippen LogP contribution in [0.5, 0.6) is 0 Å². The first kappa shape index (κ1) is 11.1. The molecule has 86 valence electrons. The van der Waals surface area contributed by atoms with Crippen molar-refractivity contribution in [3.8, 4) is 0 Å². The summed E-state index contributed by atoms with van der Waals surface area (Å²) in [4.78, 5) is 8.93. The van der Waals surface area contributed by atoms with Crippen LogP contribution >= 0.6 is 11.3 Å². The lowest BCUT2D eigenvalue weighted by atomic mass is 10.3. The van der Waals surface area contributed by atoms with E-state index in [4.69, 9.17) is 10.8 Å². The second kappa shape index (κ2) is 4.60. The number of nitrogens with two attached hydrogens (primary N) is 1. The Morgan fingerprint density at radius 1 is 1.50 bits per heavy atom. The molecule has 2 aromatic rings. The predicted octanol–water partition coefficient (Wildman–Crippen LogP) is 0.0386. The van der Waals surface area contributed by atoms with Gasteiger partial charge in [0.15, 0.2) is 0 Å². The van der Waals surface area contributed by atoms with Gasteiger partial charge >= 0.3 is 0 Å². The first-order valence-electron chi connectivity index (χ1n) is 4.74. The maximum Gasteiger partial charge on any atom is 0.223 e. The minimum absolute atomic E-state index is 0.191. The highest BCUT2D eigenvalue weighted by atomic mass is 32.1. The van der Waals surface area contributed by atoms with E-state index in [0.29, 0.717) is 5.82 Å². The fourth-order valence-electron chi connectivity index (χ4n) is 1.29. The van der Waals surface area contributed by atoms with Gasteiger partial charge in [-0.2, -0.15) is 4.98 Å². The van der Waals surface area contributed by atoms with Gasteiger partial charge in [0.1, 0.15) is 10.6 Å². The molecule has 2 heterocycles. The van der Waals surface area contributed by atoms with Crippen molar-refractivity contribution in [3.63, 3.8) is 0 Å². The van der Waals surface area contributed by atoms with Gasteiger partial charge in [0.2, 0.25) is 5.95 Å². The number of aliphatic hydroxyl groups excluding tert-OH is 2. The SMILES string of the molecule is Nc1nc(NCC(O)CO)c2ccsc2n1. The van der Waals surface area contributed by atoms with Crippen molar-refractivity contribution >= 4 is 33.3 Å². The monoisotopic (exact) mass is 240 g/mol. The van der Waals surface area contributed by atoms with Crippen molar-refractivity contribution in [1.29, 1.82) is 0 Å². The Morgan fingerprint density at radius 2 is 2.31 bits per heavy atom. The molecule has 0 aliphatic heterocycles. The zero-order valence-electron chi connectivity index (χ0n) is 8.42. The molecule has 1 unspecified atom stereocenters. The van der Waals surface area contributed by atoms with Crippen molar-refractivity contribution in [1.82, 2.24) is 9.97 Å². The topological polar surface area (TPSA) is 104 Å². The summed E-state index contributed by atoms with van der Waals surface area (Å²) < 4.78 is 0. The Morgan fingerprint density at radius 3 is 3.06 bits per heavy atom. The molecule has 0 saturated heterocycles. The molecule has 0 saturated carbocycles. The normalized spacial score (nSPS) is 12.9. The van der Waals surface area contributed by atoms with Crippen LogP contribution < -0.4 is 11.1 Å². The van der Waals surface area contributed by atoms with Crippen molar-refractivity contribution in [2.45, 2.75) is 6.10 Å². The molecule has 1 atom stereocenters. The summed E-state index contributed by atoms with van der Waals surface area (Å²) in [6.45, 7) is -0.0712. The van der Waals surface area contributed by atoms with Gasteiger partial charge in [-0.15, -0.1) is 11.3 Å². The van der Waals surface area contributed by atoms with E-state index in [0.717, 1.165) is 10.2 Å². The van der Waals surface area contributed by atoms with E-state index in [1.54, 1.807) is 0 Å². The lowest BCUT2D eigenvalue weighted by molar-refractivity contribution is 0.105. The Labute approximate surface area is 95.8 Å². The quantitative estimate of drug-likeness (QED) is 0.601. The maximum absolute atomic E-state index is 9.23. The molecule has 5 N–H and O–H groups in total. The van der Waals surface area contributed by atoms with Crippen LogP contribution in [0.1, 0.15) is 0 Å². The molecular weight excluding hydrogens is 228 g/mol. The fraction of sp³-hybridized carbons (Fsp3) is 0.333. The molecule has 0 bridgehead atoms. The Kier molecular flexibility index (Phi) is 3.18.